The Morgan fingerprint density at radius 1 is 1.44 bits per heavy atom. The summed E-state index contributed by atoms with van der Waals surface area (Å²) in [5, 5.41) is 0. The summed E-state index contributed by atoms with van der Waals surface area (Å²) in [4.78, 5) is 28.2. The molecule has 16 heavy (non-hydrogen) atoms. The van der Waals surface area contributed by atoms with Crippen LogP contribution in [0.2, 0.25) is 0 Å². The molecule has 0 aliphatic rings. The maximum absolute atomic E-state index is 12.0. The summed E-state index contributed by atoms with van der Waals surface area (Å²) in [5.74, 6) is -0.189. The van der Waals surface area contributed by atoms with Gasteiger partial charge in [0.15, 0.2) is 5.43 Å². The predicted octanol–water partition coefficient (Wildman–Crippen LogP) is 1.56. The fraction of sp³-hybridized carbons (Fsp3) is 0.500. The number of carbonyl (C=O) groups is 1. The number of H-pyrrole nitrogens is 1. The Labute approximate surface area is 95.3 Å². The Morgan fingerprint density at radius 2 is 2.12 bits per heavy atom. The average molecular weight is 222 g/mol. The van der Waals surface area contributed by atoms with Gasteiger partial charge >= 0.3 is 0 Å². The lowest BCUT2D eigenvalue weighted by atomic mass is 10.2. The Morgan fingerprint density at radius 3 is 2.62 bits per heavy atom. The Kier molecular flexibility index (Phi) is 4.28. The van der Waals surface area contributed by atoms with Gasteiger partial charge in [-0.15, -0.1) is 0 Å². The van der Waals surface area contributed by atoms with Crippen LogP contribution in [-0.4, -0.2) is 28.9 Å². The van der Waals surface area contributed by atoms with E-state index in [1.54, 1.807) is 11.8 Å². The van der Waals surface area contributed by atoms with E-state index in [4.69, 9.17) is 0 Å². The number of nitrogens with one attached hydrogen (secondary N) is 1. The van der Waals surface area contributed by atoms with Gasteiger partial charge in [0.1, 0.15) is 5.56 Å². The standard InChI is InChI=1S/C12H18N2O2/c1-4-6-14(5-2)12(16)10-8-13-9(3)7-11(10)15/h7-8H,4-6H2,1-3H3,(H,13,15). The van der Waals surface area contributed by atoms with Crippen molar-refractivity contribution in [1.82, 2.24) is 9.88 Å². The summed E-state index contributed by atoms with van der Waals surface area (Å²) in [5.41, 5.74) is 0.775. The van der Waals surface area contributed by atoms with Crippen LogP contribution in [0.3, 0.4) is 0 Å². The molecule has 1 amide bonds. The van der Waals surface area contributed by atoms with Crippen molar-refractivity contribution in [2.45, 2.75) is 27.2 Å². The molecule has 1 aromatic rings. The van der Waals surface area contributed by atoms with E-state index < -0.39 is 0 Å². The molecule has 4 heteroatoms. The number of aromatic amines is 1. The van der Waals surface area contributed by atoms with Crippen molar-refractivity contribution in [2.75, 3.05) is 13.1 Å². The van der Waals surface area contributed by atoms with Gasteiger partial charge in [-0.3, -0.25) is 9.59 Å². The molecule has 0 atom stereocenters. The van der Waals surface area contributed by atoms with Gasteiger partial charge in [-0.2, -0.15) is 0 Å². The van der Waals surface area contributed by atoms with Gasteiger partial charge in [0.05, 0.1) is 0 Å². The summed E-state index contributed by atoms with van der Waals surface area (Å²) >= 11 is 0. The van der Waals surface area contributed by atoms with Crippen LogP contribution in [0.15, 0.2) is 17.1 Å². The van der Waals surface area contributed by atoms with Gasteiger partial charge in [0.25, 0.3) is 5.91 Å². The zero-order chi connectivity index (χ0) is 12.1. The molecule has 0 aliphatic heterocycles. The van der Waals surface area contributed by atoms with E-state index >= 15 is 0 Å². The highest BCUT2D eigenvalue weighted by atomic mass is 16.2. The van der Waals surface area contributed by atoms with E-state index in [1.165, 1.54) is 12.3 Å². The number of hydrogen-bond donors (Lipinski definition) is 1. The van der Waals surface area contributed by atoms with Crippen LogP contribution in [-0.2, 0) is 0 Å². The summed E-state index contributed by atoms with van der Waals surface area (Å²) in [6, 6.07) is 1.45. The largest absolute Gasteiger partial charge is 0.364 e. The van der Waals surface area contributed by atoms with Crippen molar-refractivity contribution < 1.29 is 4.79 Å². The lowest BCUT2D eigenvalue weighted by molar-refractivity contribution is 0.0763. The number of aryl methyl sites for hydroxylation is 1. The molecular formula is C12H18N2O2. The number of amides is 1. The average Bonchev–Trinajstić information content (AvgIpc) is 2.25. The zero-order valence-electron chi connectivity index (χ0n) is 10.0. The Bertz CT molecular complexity index is 423. The SMILES string of the molecule is CCCN(CC)C(=O)c1c[nH]c(C)cc1=O. The van der Waals surface area contributed by atoms with Gasteiger partial charge in [-0.25, -0.2) is 0 Å². The number of carbonyl (C=O) groups excluding carboxylic acids is 1. The number of rotatable bonds is 4. The molecule has 88 valence electrons. The molecule has 0 unspecified atom stereocenters. The highest BCUT2D eigenvalue weighted by Crippen LogP contribution is 2.01. The molecule has 0 saturated heterocycles. The topological polar surface area (TPSA) is 53.2 Å². The molecule has 0 bridgehead atoms. The van der Waals surface area contributed by atoms with E-state index in [1.807, 2.05) is 13.8 Å². The van der Waals surface area contributed by atoms with Crippen LogP contribution in [0.25, 0.3) is 0 Å². The van der Waals surface area contributed by atoms with E-state index in [-0.39, 0.29) is 16.9 Å². The zero-order valence-corrected chi connectivity index (χ0v) is 10.0. The first kappa shape index (κ1) is 12.5. The number of pyridine rings is 1. The fourth-order valence-corrected chi connectivity index (χ4v) is 1.58. The minimum atomic E-state index is -0.212. The van der Waals surface area contributed by atoms with Crippen molar-refractivity contribution in [1.29, 1.82) is 0 Å². The van der Waals surface area contributed by atoms with Crippen LogP contribution in [0.4, 0.5) is 0 Å². The van der Waals surface area contributed by atoms with Crippen LogP contribution in [0.1, 0.15) is 36.3 Å². The maximum atomic E-state index is 12.0. The van der Waals surface area contributed by atoms with Gasteiger partial charge in [-0.1, -0.05) is 6.92 Å². The first-order valence-corrected chi connectivity index (χ1v) is 5.58. The fourth-order valence-electron chi connectivity index (χ4n) is 1.58. The molecule has 1 rings (SSSR count). The third-order valence-corrected chi connectivity index (χ3v) is 2.45. The van der Waals surface area contributed by atoms with Gasteiger partial charge in [-0.05, 0) is 20.3 Å². The van der Waals surface area contributed by atoms with Crippen molar-refractivity contribution >= 4 is 5.91 Å². The monoisotopic (exact) mass is 222 g/mol. The van der Waals surface area contributed by atoms with E-state index in [0.717, 1.165) is 12.1 Å². The van der Waals surface area contributed by atoms with Crippen molar-refractivity contribution in [3.8, 4) is 0 Å². The van der Waals surface area contributed by atoms with Crippen molar-refractivity contribution in [2.24, 2.45) is 0 Å². The summed E-state index contributed by atoms with van der Waals surface area (Å²) in [6.07, 6.45) is 2.39. The molecule has 0 spiro atoms. The second-order valence-corrected chi connectivity index (χ2v) is 3.78. The third kappa shape index (κ3) is 2.72. The minimum absolute atomic E-state index is 0.189. The molecule has 1 N–H and O–H groups in total. The highest BCUT2D eigenvalue weighted by Gasteiger charge is 2.16. The summed E-state index contributed by atoms with van der Waals surface area (Å²) < 4.78 is 0. The second-order valence-electron chi connectivity index (χ2n) is 3.78. The molecule has 0 radical (unpaired) electrons. The second kappa shape index (κ2) is 5.49. The van der Waals surface area contributed by atoms with Crippen LogP contribution in [0, 0.1) is 6.92 Å². The van der Waals surface area contributed by atoms with E-state index in [0.29, 0.717) is 13.1 Å². The van der Waals surface area contributed by atoms with Crippen LogP contribution >= 0.6 is 0 Å². The first-order valence-electron chi connectivity index (χ1n) is 5.58. The number of nitrogens with zero attached hydrogens (tertiary/aromatic N) is 1. The number of hydrogen-bond acceptors (Lipinski definition) is 2. The molecule has 0 aromatic carbocycles. The third-order valence-electron chi connectivity index (χ3n) is 2.45. The molecule has 4 nitrogen and oxygen atoms in total. The van der Waals surface area contributed by atoms with Gasteiger partial charge < -0.3 is 9.88 Å². The molecular weight excluding hydrogens is 204 g/mol. The normalized spacial score (nSPS) is 10.2. The molecule has 0 saturated carbocycles. The highest BCUT2D eigenvalue weighted by molar-refractivity contribution is 5.93. The number of aromatic nitrogens is 1. The quantitative estimate of drug-likeness (QED) is 0.840. The molecule has 0 aliphatic carbocycles. The van der Waals surface area contributed by atoms with Gasteiger partial charge in [0.2, 0.25) is 0 Å². The Balaban J connectivity index is 2.99. The van der Waals surface area contributed by atoms with Crippen LogP contribution < -0.4 is 5.43 Å². The molecule has 1 aromatic heterocycles. The molecule has 1 heterocycles. The van der Waals surface area contributed by atoms with E-state index in [9.17, 15) is 9.59 Å². The summed E-state index contributed by atoms with van der Waals surface area (Å²) in [7, 11) is 0. The van der Waals surface area contributed by atoms with Crippen molar-refractivity contribution in [3.05, 3.63) is 33.7 Å². The van der Waals surface area contributed by atoms with Crippen LogP contribution in [0.5, 0.6) is 0 Å². The smallest absolute Gasteiger partial charge is 0.259 e. The Hall–Kier alpha value is -1.58. The van der Waals surface area contributed by atoms with Gasteiger partial charge in [0, 0.05) is 31.0 Å². The first-order chi connectivity index (χ1) is 7.60. The molecule has 0 fully saturated rings. The lowest BCUT2D eigenvalue weighted by Crippen LogP contribution is -2.34. The minimum Gasteiger partial charge on any atom is -0.364 e. The predicted molar refractivity (Wildman–Crippen MR) is 63.7 cm³/mol. The van der Waals surface area contributed by atoms with E-state index in [2.05, 4.69) is 4.98 Å². The van der Waals surface area contributed by atoms with Crippen molar-refractivity contribution in [3.63, 3.8) is 0 Å². The maximum Gasteiger partial charge on any atom is 0.259 e. The lowest BCUT2D eigenvalue weighted by Gasteiger charge is -2.19. The summed E-state index contributed by atoms with van der Waals surface area (Å²) in [6.45, 7) is 7.02.